The molecule has 2 atom stereocenters. The zero-order valence-corrected chi connectivity index (χ0v) is 13.6. The average molecular weight is 348 g/mol. The molecule has 2 N–H and O–H groups in total. The van der Waals surface area contributed by atoms with Gasteiger partial charge < -0.3 is 10.5 Å². The maximum atomic E-state index is 6.38. The summed E-state index contributed by atoms with van der Waals surface area (Å²) in [7, 11) is 0. The monoisotopic (exact) mass is 346 g/mol. The first-order valence-electron chi connectivity index (χ1n) is 6.57. The van der Waals surface area contributed by atoms with Gasteiger partial charge in [-0.05, 0) is 37.6 Å². The molecule has 0 bridgehead atoms. The van der Waals surface area contributed by atoms with E-state index >= 15 is 0 Å². The number of nitrogens with two attached hydrogens (primary N) is 1. The van der Waals surface area contributed by atoms with Gasteiger partial charge in [-0.25, -0.2) is 0 Å². The summed E-state index contributed by atoms with van der Waals surface area (Å²) >= 11 is 9.89. The van der Waals surface area contributed by atoms with Crippen molar-refractivity contribution in [1.29, 1.82) is 0 Å². The van der Waals surface area contributed by atoms with Gasteiger partial charge >= 0.3 is 0 Å². The molecule has 0 radical (unpaired) electrons. The number of morpholine rings is 1. The summed E-state index contributed by atoms with van der Waals surface area (Å²) in [6.07, 6.45) is -0.0112. The molecule has 1 aliphatic rings. The molecule has 5 heteroatoms. The van der Waals surface area contributed by atoms with E-state index < -0.39 is 0 Å². The molecule has 0 aliphatic carbocycles. The van der Waals surface area contributed by atoms with E-state index in [9.17, 15) is 0 Å². The predicted molar refractivity (Wildman–Crippen MR) is 82.5 cm³/mol. The molecule has 0 spiro atoms. The van der Waals surface area contributed by atoms with Crippen LogP contribution in [0, 0.1) is 0 Å². The van der Waals surface area contributed by atoms with Gasteiger partial charge in [-0.1, -0.05) is 27.5 Å². The average Bonchev–Trinajstić information content (AvgIpc) is 2.40. The molecule has 0 amide bonds. The van der Waals surface area contributed by atoms with Crippen molar-refractivity contribution in [2.24, 2.45) is 5.73 Å². The van der Waals surface area contributed by atoms with Gasteiger partial charge in [0, 0.05) is 28.6 Å². The molecule has 0 saturated carbocycles. The standard InChI is InChI=1S/C14H20BrClN2O/c1-9(2)18-5-6-19-13(8-17)14(18)11-7-10(15)3-4-12(11)16/h3-4,7,9,13-14H,5-6,8,17H2,1-2H3. The van der Waals surface area contributed by atoms with E-state index in [-0.39, 0.29) is 12.1 Å². The van der Waals surface area contributed by atoms with Crippen LogP contribution in [0.3, 0.4) is 0 Å². The van der Waals surface area contributed by atoms with Gasteiger partial charge in [0.2, 0.25) is 0 Å². The summed E-state index contributed by atoms with van der Waals surface area (Å²) in [5.41, 5.74) is 6.96. The van der Waals surface area contributed by atoms with Gasteiger partial charge in [0.05, 0.1) is 18.8 Å². The van der Waals surface area contributed by atoms with Crippen molar-refractivity contribution in [2.45, 2.75) is 32.0 Å². The lowest BCUT2D eigenvalue weighted by Crippen LogP contribution is -2.50. The predicted octanol–water partition coefficient (Wildman–Crippen LogP) is 3.21. The molecule has 1 aromatic carbocycles. The number of hydrogen-bond acceptors (Lipinski definition) is 3. The van der Waals surface area contributed by atoms with E-state index in [1.165, 1.54) is 0 Å². The van der Waals surface area contributed by atoms with Crippen molar-refractivity contribution in [3.63, 3.8) is 0 Å². The van der Waals surface area contributed by atoms with Crippen LogP contribution >= 0.6 is 27.5 Å². The van der Waals surface area contributed by atoms with Gasteiger partial charge in [-0.3, -0.25) is 4.90 Å². The fraction of sp³-hybridized carbons (Fsp3) is 0.571. The van der Waals surface area contributed by atoms with Crippen LogP contribution in [0.1, 0.15) is 25.5 Å². The van der Waals surface area contributed by atoms with Gasteiger partial charge in [-0.15, -0.1) is 0 Å². The van der Waals surface area contributed by atoms with Crippen LogP contribution in [-0.4, -0.2) is 36.7 Å². The van der Waals surface area contributed by atoms with Crippen molar-refractivity contribution < 1.29 is 4.74 Å². The lowest BCUT2D eigenvalue weighted by molar-refractivity contribution is -0.0789. The van der Waals surface area contributed by atoms with Gasteiger partial charge in [0.1, 0.15) is 0 Å². The third-order valence-electron chi connectivity index (χ3n) is 3.56. The maximum absolute atomic E-state index is 6.38. The number of hydrogen-bond donors (Lipinski definition) is 1. The van der Waals surface area contributed by atoms with Crippen molar-refractivity contribution in [2.75, 3.05) is 19.7 Å². The molecule has 106 valence electrons. The first-order chi connectivity index (χ1) is 9.04. The molecule has 0 aromatic heterocycles. The number of benzene rings is 1. The van der Waals surface area contributed by atoms with E-state index in [0.717, 1.165) is 28.2 Å². The van der Waals surface area contributed by atoms with Crippen molar-refractivity contribution >= 4 is 27.5 Å². The Morgan fingerprint density at radius 3 is 2.89 bits per heavy atom. The third-order valence-corrected chi connectivity index (χ3v) is 4.40. The van der Waals surface area contributed by atoms with Gasteiger partial charge in [-0.2, -0.15) is 0 Å². The minimum atomic E-state index is -0.0112. The molecule has 1 fully saturated rings. The Labute approximate surface area is 128 Å². The molecule has 2 rings (SSSR count). The molecule has 2 unspecified atom stereocenters. The molecule has 1 saturated heterocycles. The highest BCUT2D eigenvalue weighted by Gasteiger charge is 2.35. The lowest BCUT2D eigenvalue weighted by Gasteiger charge is -2.43. The van der Waals surface area contributed by atoms with Gasteiger partial charge in [0.15, 0.2) is 0 Å². The van der Waals surface area contributed by atoms with Crippen LogP contribution in [0.2, 0.25) is 5.02 Å². The van der Waals surface area contributed by atoms with Crippen molar-refractivity contribution in [3.05, 3.63) is 33.3 Å². The van der Waals surface area contributed by atoms with Crippen LogP contribution in [0.4, 0.5) is 0 Å². The normalized spacial score (nSPS) is 24.9. The molecule has 19 heavy (non-hydrogen) atoms. The number of rotatable bonds is 3. The van der Waals surface area contributed by atoms with E-state index in [4.69, 9.17) is 22.1 Å². The summed E-state index contributed by atoms with van der Waals surface area (Å²) in [5.74, 6) is 0. The van der Waals surface area contributed by atoms with E-state index in [1.807, 2.05) is 12.1 Å². The molecular formula is C14H20BrClN2O. The fourth-order valence-corrected chi connectivity index (χ4v) is 3.26. The van der Waals surface area contributed by atoms with Gasteiger partial charge in [0.25, 0.3) is 0 Å². The summed E-state index contributed by atoms with van der Waals surface area (Å²) < 4.78 is 6.85. The first-order valence-corrected chi connectivity index (χ1v) is 7.74. The number of nitrogens with zero attached hydrogens (tertiary/aromatic N) is 1. The number of halogens is 2. The Bertz CT molecular complexity index is 441. The maximum Gasteiger partial charge on any atom is 0.0894 e. The highest BCUT2D eigenvalue weighted by atomic mass is 79.9. The molecular weight excluding hydrogens is 328 g/mol. The van der Waals surface area contributed by atoms with Crippen LogP contribution < -0.4 is 5.73 Å². The highest BCUT2D eigenvalue weighted by molar-refractivity contribution is 9.10. The van der Waals surface area contributed by atoms with Crippen molar-refractivity contribution in [1.82, 2.24) is 4.90 Å². The van der Waals surface area contributed by atoms with Crippen LogP contribution in [-0.2, 0) is 4.74 Å². The first kappa shape index (κ1) is 15.3. The largest absolute Gasteiger partial charge is 0.374 e. The second kappa shape index (κ2) is 6.55. The summed E-state index contributed by atoms with van der Waals surface area (Å²) in [6, 6.07) is 6.48. The van der Waals surface area contributed by atoms with Crippen LogP contribution in [0.25, 0.3) is 0 Å². The fourth-order valence-electron chi connectivity index (χ4n) is 2.65. The quantitative estimate of drug-likeness (QED) is 0.912. The van der Waals surface area contributed by atoms with Crippen LogP contribution in [0.15, 0.2) is 22.7 Å². The molecule has 1 heterocycles. The molecule has 3 nitrogen and oxygen atoms in total. The summed E-state index contributed by atoms with van der Waals surface area (Å²) in [6.45, 7) is 6.51. The Hall–Kier alpha value is -0.130. The molecule has 1 aliphatic heterocycles. The second-order valence-electron chi connectivity index (χ2n) is 5.09. The van der Waals surface area contributed by atoms with Crippen LogP contribution in [0.5, 0.6) is 0 Å². The smallest absolute Gasteiger partial charge is 0.0894 e. The van der Waals surface area contributed by atoms with E-state index in [1.54, 1.807) is 0 Å². The highest BCUT2D eigenvalue weighted by Crippen LogP contribution is 2.36. The summed E-state index contributed by atoms with van der Waals surface area (Å²) in [5, 5.41) is 0.766. The Morgan fingerprint density at radius 1 is 1.53 bits per heavy atom. The lowest BCUT2D eigenvalue weighted by atomic mass is 9.96. The minimum absolute atomic E-state index is 0.0112. The SMILES string of the molecule is CC(C)N1CCOC(CN)C1c1cc(Br)ccc1Cl. The Balaban J connectivity index is 2.42. The Kier molecular flexibility index (Phi) is 5.26. The number of ether oxygens (including phenoxy) is 1. The second-order valence-corrected chi connectivity index (χ2v) is 6.41. The zero-order valence-electron chi connectivity index (χ0n) is 11.3. The Morgan fingerprint density at radius 2 is 2.26 bits per heavy atom. The minimum Gasteiger partial charge on any atom is -0.374 e. The topological polar surface area (TPSA) is 38.5 Å². The summed E-state index contributed by atoms with van der Waals surface area (Å²) in [4.78, 5) is 2.41. The van der Waals surface area contributed by atoms with E-state index in [0.29, 0.717) is 12.6 Å². The van der Waals surface area contributed by atoms with E-state index in [2.05, 4.69) is 40.7 Å². The third kappa shape index (κ3) is 3.31. The molecule has 1 aromatic rings. The zero-order chi connectivity index (χ0) is 14.0. The van der Waals surface area contributed by atoms with Crippen molar-refractivity contribution in [3.8, 4) is 0 Å².